The molecule has 21 heavy (non-hydrogen) atoms. The van der Waals surface area contributed by atoms with E-state index >= 15 is 0 Å². The molecule has 2 aromatic heterocycles. The first kappa shape index (κ1) is 15.0. The minimum absolute atomic E-state index is 0.224. The maximum absolute atomic E-state index is 11.8. The second-order valence-corrected chi connectivity index (χ2v) is 4.97. The summed E-state index contributed by atoms with van der Waals surface area (Å²) in [5.74, 6) is 1.66. The van der Waals surface area contributed by atoms with Crippen LogP contribution in [-0.4, -0.2) is 37.1 Å². The number of hydrogen-bond acceptors (Lipinski definition) is 4. The monoisotopic (exact) mass is 291 g/mol. The normalized spacial score (nSPS) is 10.7. The van der Waals surface area contributed by atoms with E-state index in [-0.39, 0.29) is 6.03 Å². The van der Waals surface area contributed by atoms with Crippen LogP contribution >= 0.6 is 0 Å². The number of anilines is 1. The molecule has 0 aromatic carbocycles. The van der Waals surface area contributed by atoms with Crippen LogP contribution in [0.4, 0.5) is 10.5 Å². The predicted molar refractivity (Wildman–Crippen MR) is 79.1 cm³/mol. The van der Waals surface area contributed by atoms with E-state index in [4.69, 9.17) is 0 Å². The maximum atomic E-state index is 11.8. The molecule has 8 nitrogen and oxygen atoms in total. The zero-order valence-electron chi connectivity index (χ0n) is 12.8. The van der Waals surface area contributed by atoms with Gasteiger partial charge in [-0.3, -0.25) is 9.36 Å². The standard InChI is InChI=1S/C13H21N7O/c1-9-12(8-19(4)17-9)16-13(21)14-6-5-7-20-11(3)15-10(2)18-20/h8H,5-7H2,1-4H3,(H2,14,16,21). The number of hydrogen-bond donors (Lipinski definition) is 2. The Morgan fingerprint density at radius 2 is 2.05 bits per heavy atom. The highest BCUT2D eigenvalue weighted by atomic mass is 16.2. The number of rotatable bonds is 5. The van der Waals surface area contributed by atoms with Gasteiger partial charge in [-0.2, -0.15) is 10.2 Å². The first-order valence-corrected chi connectivity index (χ1v) is 6.89. The summed E-state index contributed by atoms with van der Waals surface area (Å²) in [6.45, 7) is 6.95. The van der Waals surface area contributed by atoms with Crippen molar-refractivity contribution in [1.29, 1.82) is 0 Å². The molecule has 0 aliphatic heterocycles. The van der Waals surface area contributed by atoms with E-state index in [2.05, 4.69) is 25.8 Å². The summed E-state index contributed by atoms with van der Waals surface area (Å²) in [6.07, 6.45) is 2.57. The van der Waals surface area contributed by atoms with Crippen molar-refractivity contribution in [3.05, 3.63) is 23.5 Å². The van der Waals surface area contributed by atoms with Crippen molar-refractivity contribution in [3.63, 3.8) is 0 Å². The summed E-state index contributed by atoms with van der Waals surface area (Å²) >= 11 is 0. The fourth-order valence-electron chi connectivity index (χ4n) is 2.09. The van der Waals surface area contributed by atoms with Crippen LogP contribution in [0.3, 0.4) is 0 Å². The number of aromatic nitrogens is 5. The second-order valence-electron chi connectivity index (χ2n) is 4.97. The quantitative estimate of drug-likeness (QED) is 0.809. The number of nitrogens with one attached hydrogen (secondary N) is 2. The van der Waals surface area contributed by atoms with Gasteiger partial charge >= 0.3 is 6.03 Å². The lowest BCUT2D eigenvalue weighted by Gasteiger charge is -2.07. The van der Waals surface area contributed by atoms with Gasteiger partial charge in [0.1, 0.15) is 11.6 Å². The van der Waals surface area contributed by atoms with Crippen LogP contribution in [0.15, 0.2) is 6.20 Å². The highest BCUT2D eigenvalue weighted by Crippen LogP contribution is 2.10. The van der Waals surface area contributed by atoms with Crippen LogP contribution < -0.4 is 10.6 Å². The fourth-order valence-corrected chi connectivity index (χ4v) is 2.09. The third kappa shape index (κ3) is 4.04. The average molecular weight is 291 g/mol. The largest absolute Gasteiger partial charge is 0.338 e. The molecule has 0 saturated heterocycles. The van der Waals surface area contributed by atoms with Crippen LogP contribution in [0.2, 0.25) is 0 Å². The van der Waals surface area contributed by atoms with E-state index in [0.29, 0.717) is 6.54 Å². The first-order chi connectivity index (χ1) is 9.95. The predicted octanol–water partition coefficient (Wildman–Crippen LogP) is 1.15. The van der Waals surface area contributed by atoms with Gasteiger partial charge in [0.2, 0.25) is 0 Å². The third-order valence-electron chi connectivity index (χ3n) is 3.06. The van der Waals surface area contributed by atoms with Gasteiger partial charge in [-0.1, -0.05) is 0 Å². The van der Waals surface area contributed by atoms with Gasteiger partial charge in [0.15, 0.2) is 0 Å². The van der Waals surface area contributed by atoms with Crippen molar-refractivity contribution in [2.45, 2.75) is 33.7 Å². The molecule has 2 aromatic rings. The summed E-state index contributed by atoms with van der Waals surface area (Å²) in [7, 11) is 1.82. The number of amides is 2. The number of carbonyl (C=O) groups is 1. The van der Waals surface area contributed by atoms with Crippen molar-refractivity contribution in [2.75, 3.05) is 11.9 Å². The fraction of sp³-hybridized carbons (Fsp3) is 0.538. The third-order valence-corrected chi connectivity index (χ3v) is 3.06. The van der Waals surface area contributed by atoms with Gasteiger partial charge in [-0.15, -0.1) is 0 Å². The lowest BCUT2D eigenvalue weighted by molar-refractivity contribution is 0.251. The van der Waals surface area contributed by atoms with Gasteiger partial charge in [0.25, 0.3) is 0 Å². The van der Waals surface area contributed by atoms with Gasteiger partial charge in [0, 0.05) is 26.3 Å². The molecular weight excluding hydrogens is 270 g/mol. The number of aryl methyl sites for hydroxylation is 5. The molecule has 0 fully saturated rings. The summed E-state index contributed by atoms with van der Waals surface area (Å²) in [5.41, 5.74) is 1.51. The van der Waals surface area contributed by atoms with Crippen molar-refractivity contribution >= 4 is 11.7 Å². The van der Waals surface area contributed by atoms with Crippen LogP contribution in [0.1, 0.15) is 23.8 Å². The summed E-state index contributed by atoms with van der Waals surface area (Å²) in [5, 5.41) is 14.0. The van der Waals surface area contributed by atoms with Gasteiger partial charge in [0.05, 0.1) is 11.4 Å². The van der Waals surface area contributed by atoms with E-state index < -0.39 is 0 Å². The lowest BCUT2D eigenvalue weighted by Crippen LogP contribution is -2.30. The molecule has 8 heteroatoms. The van der Waals surface area contributed by atoms with Crippen LogP contribution in [0, 0.1) is 20.8 Å². The molecule has 0 saturated carbocycles. The number of carbonyl (C=O) groups excluding carboxylic acids is 1. The molecule has 0 spiro atoms. The molecule has 2 amide bonds. The smallest absolute Gasteiger partial charge is 0.319 e. The highest BCUT2D eigenvalue weighted by Gasteiger charge is 2.07. The molecule has 0 aliphatic carbocycles. The van der Waals surface area contributed by atoms with E-state index in [1.54, 1.807) is 10.9 Å². The minimum atomic E-state index is -0.224. The molecule has 0 atom stereocenters. The summed E-state index contributed by atoms with van der Waals surface area (Å²) < 4.78 is 3.51. The zero-order valence-corrected chi connectivity index (χ0v) is 12.8. The van der Waals surface area contributed by atoms with E-state index in [1.165, 1.54) is 0 Å². The van der Waals surface area contributed by atoms with Crippen LogP contribution in [0.25, 0.3) is 0 Å². The minimum Gasteiger partial charge on any atom is -0.338 e. The molecule has 114 valence electrons. The maximum Gasteiger partial charge on any atom is 0.319 e. The Kier molecular flexibility index (Phi) is 4.56. The molecule has 0 bridgehead atoms. The Labute approximate surface area is 123 Å². The van der Waals surface area contributed by atoms with E-state index in [9.17, 15) is 4.79 Å². The van der Waals surface area contributed by atoms with Crippen molar-refractivity contribution < 1.29 is 4.79 Å². The van der Waals surface area contributed by atoms with Crippen molar-refractivity contribution in [1.82, 2.24) is 29.9 Å². The Balaban J connectivity index is 1.72. The topological polar surface area (TPSA) is 89.7 Å². The number of nitrogens with zero attached hydrogens (tertiary/aromatic N) is 5. The Morgan fingerprint density at radius 1 is 1.29 bits per heavy atom. The van der Waals surface area contributed by atoms with Gasteiger partial charge in [-0.05, 0) is 27.2 Å². The average Bonchev–Trinajstić information content (AvgIpc) is 2.87. The Hall–Kier alpha value is -2.38. The Morgan fingerprint density at radius 3 is 2.62 bits per heavy atom. The first-order valence-electron chi connectivity index (χ1n) is 6.89. The van der Waals surface area contributed by atoms with Crippen molar-refractivity contribution in [2.24, 2.45) is 7.05 Å². The molecule has 0 unspecified atom stereocenters. The number of urea groups is 1. The molecule has 0 radical (unpaired) electrons. The Bertz CT molecular complexity index is 628. The highest BCUT2D eigenvalue weighted by molar-refractivity contribution is 5.89. The molecule has 2 rings (SSSR count). The molecule has 0 aliphatic rings. The molecular formula is C13H21N7O. The second kappa shape index (κ2) is 6.38. The van der Waals surface area contributed by atoms with E-state index in [1.807, 2.05) is 32.5 Å². The SMILES string of the molecule is Cc1nc(C)n(CCCNC(=O)Nc2cn(C)nc2C)n1. The lowest BCUT2D eigenvalue weighted by atomic mass is 10.4. The van der Waals surface area contributed by atoms with E-state index in [0.717, 1.165) is 36.0 Å². The van der Waals surface area contributed by atoms with Gasteiger partial charge in [-0.25, -0.2) is 9.78 Å². The molecule has 2 heterocycles. The van der Waals surface area contributed by atoms with Crippen LogP contribution in [0.5, 0.6) is 0 Å². The van der Waals surface area contributed by atoms with Gasteiger partial charge < -0.3 is 10.6 Å². The van der Waals surface area contributed by atoms with Crippen LogP contribution in [-0.2, 0) is 13.6 Å². The summed E-state index contributed by atoms with van der Waals surface area (Å²) in [6, 6.07) is -0.224. The molecule has 2 N–H and O–H groups in total. The zero-order chi connectivity index (χ0) is 15.4. The van der Waals surface area contributed by atoms with Crippen molar-refractivity contribution in [3.8, 4) is 0 Å². The summed E-state index contributed by atoms with van der Waals surface area (Å²) in [4.78, 5) is 16.0.